The van der Waals surface area contributed by atoms with Crippen molar-refractivity contribution >= 4 is 5.91 Å². The molecular weight excluding hydrogens is 219 g/mol. The minimum absolute atomic E-state index is 0.000548. The molecule has 0 heterocycles. The van der Waals surface area contributed by atoms with E-state index < -0.39 is 23.4 Å². The Hall–Kier alpha value is -1.96. The molecule has 0 saturated carbocycles. The average Bonchev–Trinajstić information content (AvgIpc) is 2.24. The summed E-state index contributed by atoms with van der Waals surface area (Å²) in [5.41, 5.74) is -0.283. The maximum atomic E-state index is 12.8. The predicted octanol–water partition coefficient (Wildman–Crippen LogP) is 1.81. The minimum atomic E-state index is -1.60. The smallest absolute Gasteiger partial charge is 0.254 e. The molecule has 0 atom stereocenters. The molecule has 5 heteroatoms. The van der Waals surface area contributed by atoms with Crippen LogP contribution in [0.15, 0.2) is 12.1 Å². The van der Waals surface area contributed by atoms with E-state index >= 15 is 0 Å². The third kappa shape index (κ3) is 2.34. The summed E-state index contributed by atoms with van der Waals surface area (Å²) in [6, 6.07) is 1.27. The zero-order chi connectivity index (χ0) is 12.3. The van der Waals surface area contributed by atoms with Crippen LogP contribution in [-0.4, -0.2) is 24.4 Å². The van der Waals surface area contributed by atoms with E-state index in [1.807, 2.05) is 0 Å². The Labute approximate surface area is 90.7 Å². The third-order valence-corrected chi connectivity index (χ3v) is 1.91. The van der Waals surface area contributed by atoms with Gasteiger partial charge in [-0.05, 0) is 12.1 Å². The topological polar surface area (TPSA) is 20.3 Å². The summed E-state index contributed by atoms with van der Waals surface area (Å²) in [4.78, 5) is 12.6. The van der Waals surface area contributed by atoms with Crippen LogP contribution in [0, 0.1) is 29.8 Å². The summed E-state index contributed by atoms with van der Waals surface area (Å²) in [7, 11) is 1.38. The first kappa shape index (κ1) is 12.1. The number of hydrogen-bond acceptors (Lipinski definition) is 1. The van der Waals surface area contributed by atoms with Gasteiger partial charge in [-0.3, -0.25) is 4.79 Å². The molecule has 0 aliphatic carbocycles. The molecule has 2 nitrogen and oxygen atoms in total. The lowest BCUT2D eigenvalue weighted by Gasteiger charge is -2.13. The van der Waals surface area contributed by atoms with Crippen molar-refractivity contribution in [2.75, 3.05) is 13.6 Å². The van der Waals surface area contributed by atoms with E-state index in [2.05, 4.69) is 5.92 Å². The quantitative estimate of drug-likeness (QED) is 0.557. The largest absolute Gasteiger partial charge is 0.331 e. The summed E-state index contributed by atoms with van der Waals surface area (Å²) >= 11 is 0. The van der Waals surface area contributed by atoms with Crippen LogP contribution in [0.3, 0.4) is 0 Å². The lowest BCUT2D eigenvalue weighted by Crippen LogP contribution is -2.27. The second kappa shape index (κ2) is 4.71. The van der Waals surface area contributed by atoms with E-state index in [9.17, 15) is 18.0 Å². The Morgan fingerprint density at radius 3 is 2.31 bits per heavy atom. The molecule has 0 N–H and O–H groups in total. The van der Waals surface area contributed by atoms with E-state index in [-0.39, 0.29) is 12.1 Å². The monoisotopic (exact) mass is 227 g/mol. The first-order valence-electron chi connectivity index (χ1n) is 4.31. The molecule has 0 saturated heterocycles. The maximum Gasteiger partial charge on any atom is 0.254 e. The molecule has 0 aliphatic heterocycles. The molecule has 1 rings (SSSR count). The van der Waals surface area contributed by atoms with Gasteiger partial charge in [-0.1, -0.05) is 5.92 Å². The fourth-order valence-electron chi connectivity index (χ4n) is 1.11. The van der Waals surface area contributed by atoms with Crippen molar-refractivity contribution < 1.29 is 18.0 Å². The molecule has 0 fully saturated rings. The molecule has 0 bridgehead atoms. The number of hydrogen-bond donors (Lipinski definition) is 0. The first-order valence-corrected chi connectivity index (χ1v) is 4.31. The number of nitrogens with zero attached hydrogens (tertiary/aromatic N) is 1. The molecule has 0 aromatic heterocycles. The SMILES string of the molecule is C#CCN(C)C(=O)c1cc(F)c(F)c(F)c1. The molecule has 1 amide bonds. The van der Waals surface area contributed by atoms with Gasteiger partial charge in [0, 0.05) is 12.6 Å². The van der Waals surface area contributed by atoms with Gasteiger partial charge in [0.2, 0.25) is 0 Å². The molecule has 0 spiro atoms. The van der Waals surface area contributed by atoms with Gasteiger partial charge in [-0.2, -0.15) is 0 Å². The number of rotatable bonds is 2. The Balaban J connectivity index is 3.07. The summed E-state index contributed by atoms with van der Waals surface area (Å²) in [5, 5.41) is 0. The van der Waals surface area contributed by atoms with Crippen molar-refractivity contribution in [3.8, 4) is 12.3 Å². The molecule has 1 aromatic rings. The van der Waals surface area contributed by atoms with Crippen molar-refractivity contribution in [1.29, 1.82) is 0 Å². The van der Waals surface area contributed by atoms with Crippen LogP contribution in [0.5, 0.6) is 0 Å². The molecule has 1 aromatic carbocycles. The number of carbonyl (C=O) groups excluding carboxylic acids is 1. The van der Waals surface area contributed by atoms with Gasteiger partial charge in [-0.15, -0.1) is 6.42 Å². The fraction of sp³-hybridized carbons (Fsp3) is 0.182. The van der Waals surface area contributed by atoms with E-state index in [4.69, 9.17) is 6.42 Å². The van der Waals surface area contributed by atoms with Crippen molar-refractivity contribution in [3.05, 3.63) is 35.1 Å². The van der Waals surface area contributed by atoms with Gasteiger partial charge in [0.15, 0.2) is 17.5 Å². The first-order chi connectivity index (χ1) is 7.47. The highest BCUT2D eigenvalue weighted by molar-refractivity contribution is 5.94. The van der Waals surface area contributed by atoms with Crippen molar-refractivity contribution in [2.45, 2.75) is 0 Å². The Morgan fingerprint density at radius 1 is 1.38 bits per heavy atom. The molecule has 84 valence electrons. The third-order valence-electron chi connectivity index (χ3n) is 1.91. The molecular formula is C11H8F3NO. The Morgan fingerprint density at radius 2 is 1.88 bits per heavy atom. The number of amides is 1. The highest BCUT2D eigenvalue weighted by Gasteiger charge is 2.17. The predicted molar refractivity (Wildman–Crippen MR) is 52.1 cm³/mol. The average molecular weight is 227 g/mol. The van der Waals surface area contributed by atoms with Gasteiger partial charge < -0.3 is 4.90 Å². The van der Waals surface area contributed by atoms with E-state index in [0.29, 0.717) is 12.1 Å². The summed E-state index contributed by atoms with van der Waals surface area (Å²) in [6.45, 7) is -0.000548. The van der Waals surface area contributed by atoms with E-state index in [1.165, 1.54) is 7.05 Å². The minimum Gasteiger partial charge on any atom is -0.331 e. The molecule has 0 radical (unpaired) electrons. The maximum absolute atomic E-state index is 12.8. The fourth-order valence-corrected chi connectivity index (χ4v) is 1.11. The highest BCUT2D eigenvalue weighted by Crippen LogP contribution is 2.14. The van der Waals surface area contributed by atoms with Gasteiger partial charge in [-0.25, -0.2) is 13.2 Å². The van der Waals surface area contributed by atoms with Crippen LogP contribution >= 0.6 is 0 Å². The standard InChI is InChI=1S/C11H8F3NO/c1-3-4-15(2)11(16)7-5-8(12)10(14)9(13)6-7/h1,5-6H,4H2,2H3. The van der Waals surface area contributed by atoms with Gasteiger partial charge in [0.1, 0.15) is 0 Å². The van der Waals surface area contributed by atoms with Crippen LogP contribution in [0.1, 0.15) is 10.4 Å². The highest BCUT2D eigenvalue weighted by atomic mass is 19.2. The molecule has 0 unspecified atom stereocenters. The number of terminal acetylenes is 1. The number of carbonyl (C=O) groups is 1. The zero-order valence-electron chi connectivity index (χ0n) is 8.43. The van der Waals surface area contributed by atoms with Crippen molar-refractivity contribution in [3.63, 3.8) is 0 Å². The molecule has 0 aliphatic rings. The lowest BCUT2D eigenvalue weighted by molar-refractivity contribution is 0.0811. The van der Waals surface area contributed by atoms with Crippen molar-refractivity contribution in [2.24, 2.45) is 0 Å². The van der Waals surface area contributed by atoms with Gasteiger partial charge in [0.25, 0.3) is 5.91 Å². The van der Waals surface area contributed by atoms with Crippen LogP contribution in [0.2, 0.25) is 0 Å². The summed E-state index contributed by atoms with van der Waals surface area (Å²) in [5.74, 6) is -2.88. The van der Waals surface area contributed by atoms with Crippen molar-refractivity contribution in [1.82, 2.24) is 4.90 Å². The Kier molecular flexibility index (Phi) is 3.56. The summed E-state index contributed by atoms with van der Waals surface area (Å²) in [6.07, 6.45) is 4.98. The lowest BCUT2D eigenvalue weighted by atomic mass is 10.2. The van der Waals surface area contributed by atoms with E-state index in [0.717, 1.165) is 4.90 Å². The van der Waals surface area contributed by atoms with Gasteiger partial charge in [0.05, 0.1) is 6.54 Å². The second-order valence-corrected chi connectivity index (χ2v) is 3.12. The van der Waals surface area contributed by atoms with Crippen LogP contribution in [-0.2, 0) is 0 Å². The summed E-state index contributed by atoms with van der Waals surface area (Å²) < 4.78 is 38.3. The van der Waals surface area contributed by atoms with Gasteiger partial charge >= 0.3 is 0 Å². The molecule has 16 heavy (non-hydrogen) atoms. The second-order valence-electron chi connectivity index (χ2n) is 3.12. The number of benzene rings is 1. The van der Waals surface area contributed by atoms with Crippen LogP contribution < -0.4 is 0 Å². The van der Waals surface area contributed by atoms with Crippen LogP contribution in [0.4, 0.5) is 13.2 Å². The normalized spacial score (nSPS) is 9.69. The Bertz CT molecular complexity index is 442. The zero-order valence-corrected chi connectivity index (χ0v) is 8.43. The van der Waals surface area contributed by atoms with Crippen LogP contribution in [0.25, 0.3) is 0 Å². The van der Waals surface area contributed by atoms with E-state index in [1.54, 1.807) is 0 Å². The number of halogens is 3.